The van der Waals surface area contributed by atoms with E-state index in [4.69, 9.17) is 16.0 Å². The maximum Gasteiger partial charge on any atom is 0.476 e. The summed E-state index contributed by atoms with van der Waals surface area (Å²) in [5, 5.41) is 6.05. The molecule has 0 saturated carbocycles. The van der Waals surface area contributed by atoms with Gasteiger partial charge in [0.2, 0.25) is 0 Å². The summed E-state index contributed by atoms with van der Waals surface area (Å²) in [5.74, 6) is -1.61. The minimum atomic E-state index is -1.40. The number of allylic oxidation sites excluding steroid dienone is 1. The number of carbonyl (C=O) groups excluding carboxylic acids is 2. The first-order valence-electron chi connectivity index (χ1n) is 15.4. The Morgan fingerprint density at radius 1 is 1.11 bits per heavy atom. The van der Waals surface area contributed by atoms with Gasteiger partial charge in [-0.15, -0.1) is 0 Å². The first-order chi connectivity index (χ1) is 21.8. The molecule has 0 unspecified atom stereocenters. The Bertz CT molecular complexity index is 2220. The van der Waals surface area contributed by atoms with Crippen molar-refractivity contribution in [1.29, 1.82) is 0 Å². The molecule has 4 aliphatic rings. The Hall–Kier alpha value is -4.91. The van der Waals surface area contributed by atoms with Crippen LogP contribution < -0.4 is 5.32 Å². The second-order valence-electron chi connectivity index (χ2n) is 12.7. The smallest absolute Gasteiger partial charge is 0.374 e. The zero-order valence-corrected chi connectivity index (χ0v) is 25.3. The summed E-state index contributed by atoms with van der Waals surface area (Å²) in [5.41, 5.74) is 5.89. The number of hydrogen-bond donors (Lipinski definition) is 1. The predicted molar refractivity (Wildman–Crippen MR) is 172 cm³/mol. The molecule has 1 aliphatic carbocycles. The number of likely N-dealkylation sites (N-methyl/N-ethyl adjacent to an activating group) is 1. The molecule has 0 radical (unpaired) electrons. The highest BCUT2D eigenvalue weighted by Crippen LogP contribution is 2.56. The van der Waals surface area contributed by atoms with Crippen molar-refractivity contribution < 1.29 is 19.1 Å². The molecule has 1 N–H and O–H groups in total. The van der Waals surface area contributed by atoms with Crippen molar-refractivity contribution in [2.45, 2.75) is 56.5 Å². The molecule has 0 spiro atoms. The largest absolute Gasteiger partial charge is 0.476 e. The number of amides is 2. The van der Waals surface area contributed by atoms with E-state index < -0.39 is 23.7 Å². The number of benzene rings is 3. The van der Waals surface area contributed by atoms with E-state index >= 15 is 0 Å². The van der Waals surface area contributed by atoms with Crippen LogP contribution >= 0.6 is 0 Å². The molecule has 2 amide bonds. The highest BCUT2D eigenvalue weighted by molar-refractivity contribution is 6.27. The summed E-state index contributed by atoms with van der Waals surface area (Å²) >= 11 is 0. The number of hydrogen-bond acceptors (Lipinski definition) is 4. The Morgan fingerprint density at radius 3 is 2.64 bits per heavy atom. The van der Waals surface area contributed by atoms with Gasteiger partial charge in [0.25, 0.3) is 18.4 Å². The molecule has 9 heteroatoms. The SMILES string of the molecule is C#[N+][C@]12C[C@@H](N(C)C(=O)c3ccccc3)[C@@H](OC)[C@](C)(O1)n1c3ccccc3c3c4c(c5c6c(n2c5c31)CCC=C6)C(=O)NC4. The number of nitrogens with one attached hydrogen (secondary N) is 1. The summed E-state index contributed by atoms with van der Waals surface area (Å²) in [6.45, 7) is 8.94. The molecule has 224 valence electrons. The standard InChI is InChI=1S/C36H31N5O4/c1-35-32(44-4)26(39(3)34(43)20-12-6-5-7-13-20)18-36(37-2,45-35)41-25-17-11-9-15-22(25)28-29-23(19-38-33(29)42)27-21-14-8-10-16-24(21)40(35)30(27)31(28)41/h2,5-10,12-16,26,32H,11,17-19H2,1,3-4H3/p+1/t26-,32-,35+,36+/m1/s1. The van der Waals surface area contributed by atoms with E-state index in [0.29, 0.717) is 17.7 Å². The summed E-state index contributed by atoms with van der Waals surface area (Å²) in [6.07, 6.45) is 5.49. The third-order valence-electron chi connectivity index (χ3n) is 10.6. The fourth-order valence-corrected chi connectivity index (χ4v) is 8.80. The number of methoxy groups -OCH3 is 1. The lowest BCUT2D eigenvalue weighted by Gasteiger charge is -2.49. The minimum absolute atomic E-state index is 0.0819. The first-order valence-corrected chi connectivity index (χ1v) is 15.4. The van der Waals surface area contributed by atoms with E-state index in [1.165, 1.54) is 0 Å². The second-order valence-corrected chi connectivity index (χ2v) is 12.7. The lowest BCUT2D eigenvalue weighted by molar-refractivity contribution is -0.297. The molecule has 1 saturated heterocycles. The quantitative estimate of drug-likeness (QED) is 0.285. The maximum absolute atomic E-state index is 14.0. The lowest BCUT2D eigenvalue weighted by atomic mass is 9.89. The van der Waals surface area contributed by atoms with Gasteiger partial charge in [-0.05, 0) is 48.4 Å². The molecule has 3 aromatic carbocycles. The number of ether oxygens (including phenoxy) is 2. The fraction of sp³-hybridized carbons (Fsp3) is 0.306. The van der Waals surface area contributed by atoms with Gasteiger partial charge in [-0.3, -0.25) is 14.3 Å². The van der Waals surface area contributed by atoms with E-state index in [9.17, 15) is 9.59 Å². The molecular weight excluding hydrogens is 566 g/mol. The average Bonchev–Trinajstić information content (AvgIpc) is 3.72. The van der Waals surface area contributed by atoms with Crippen molar-refractivity contribution >= 4 is 50.6 Å². The summed E-state index contributed by atoms with van der Waals surface area (Å²) < 4.78 is 18.1. The number of carbonyl (C=O) groups is 2. The van der Waals surface area contributed by atoms with Gasteiger partial charge in [-0.2, -0.15) is 0 Å². The van der Waals surface area contributed by atoms with Gasteiger partial charge in [0.15, 0.2) is 5.72 Å². The van der Waals surface area contributed by atoms with Gasteiger partial charge in [0, 0.05) is 53.7 Å². The van der Waals surface area contributed by atoms with Gasteiger partial charge < -0.3 is 19.5 Å². The topological polar surface area (TPSA) is 82.1 Å². The normalized spacial score (nSPS) is 26.1. The summed E-state index contributed by atoms with van der Waals surface area (Å²) in [4.78, 5) is 34.0. The number of aromatic nitrogens is 2. The van der Waals surface area contributed by atoms with Crippen molar-refractivity contribution in [3.05, 3.63) is 93.5 Å². The Kier molecular flexibility index (Phi) is 5.20. The van der Waals surface area contributed by atoms with Crippen LogP contribution in [0.25, 0.3) is 43.6 Å². The average molecular weight is 599 g/mol. The van der Waals surface area contributed by atoms with E-state index in [0.717, 1.165) is 62.4 Å². The zero-order valence-electron chi connectivity index (χ0n) is 25.3. The highest BCUT2D eigenvalue weighted by Gasteiger charge is 2.66. The van der Waals surface area contributed by atoms with Gasteiger partial charge in [0.1, 0.15) is 12.5 Å². The fourth-order valence-electron chi connectivity index (χ4n) is 8.80. The van der Waals surface area contributed by atoms with E-state index in [1.807, 2.05) is 56.4 Å². The Labute approximate surface area is 259 Å². The molecule has 3 aliphatic heterocycles. The van der Waals surface area contributed by atoms with Gasteiger partial charge in [-0.1, -0.05) is 48.6 Å². The first kappa shape index (κ1) is 26.5. The van der Waals surface area contributed by atoms with E-state index in [-0.39, 0.29) is 18.2 Å². The summed E-state index contributed by atoms with van der Waals surface area (Å²) in [6, 6.07) is 17.0. The molecule has 5 aromatic rings. The third kappa shape index (κ3) is 3.08. The van der Waals surface area contributed by atoms with Crippen LogP contribution in [0.1, 0.15) is 57.3 Å². The molecule has 45 heavy (non-hydrogen) atoms. The van der Waals surface area contributed by atoms with Crippen molar-refractivity contribution in [1.82, 2.24) is 19.4 Å². The second kappa shape index (κ2) is 8.84. The molecule has 1 fully saturated rings. The maximum atomic E-state index is 14.0. The van der Waals surface area contributed by atoms with E-state index in [1.54, 1.807) is 12.0 Å². The number of nitrogens with zero attached hydrogens (tertiary/aromatic N) is 4. The third-order valence-corrected chi connectivity index (χ3v) is 10.6. The van der Waals surface area contributed by atoms with Crippen LogP contribution in [0.4, 0.5) is 0 Å². The van der Waals surface area contributed by atoms with Crippen LogP contribution in [-0.4, -0.2) is 52.2 Å². The van der Waals surface area contributed by atoms with Crippen LogP contribution in [0.3, 0.4) is 0 Å². The van der Waals surface area contributed by atoms with Gasteiger partial charge in [0.05, 0.1) is 28.2 Å². The van der Waals surface area contributed by atoms with Crippen molar-refractivity contribution in [2.75, 3.05) is 14.2 Å². The van der Waals surface area contributed by atoms with Crippen LogP contribution in [0, 0.1) is 6.57 Å². The molecular formula is C36H32N5O4+. The Morgan fingerprint density at radius 2 is 1.87 bits per heavy atom. The number of rotatable bonds is 3. The van der Waals surface area contributed by atoms with Crippen molar-refractivity contribution in [3.8, 4) is 6.57 Å². The summed E-state index contributed by atoms with van der Waals surface area (Å²) in [7, 11) is 3.48. The van der Waals surface area contributed by atoms with Crippen molar-refractivity contribution in [2.24, 2.45) is 0 Å². The number of para-hydroxylation sites is 1. The molecule has 2 bridgehead atoms. The lowest BCUT2D eigenvalue weighted by Crippen LogP contribution is -2.65. The monoisotopic (exact) mass is 598 g/mol. The molecule has 9 nitrogen and oxygen atoms in total. The number of fused-ring (bicyclic) bond motifs is 13. The Balaban J connectivity index is 1.45. The molecule has 4 atom stereocenters. The van der Waals surface area contributed by atoms with Gasteiger partial charge in [-0.25, -0.2) is 4.57 Å². The molecule has 2 aromatic heterocycles. The predicted octanol–water partition coefficient (Wildman–Crippen LogP) is 5.79. The minimum Gasteiger partial charge on any atom is -0.374 e. The highest BCUT2D eigenvalue weighted by atomic mass is 16.6. The van der Waals surface area contributed by atoms with Crippen LogP contribution in [-0.2, 0) is 34.0 Å². The van der Waals surface area contributed by atoms with Gasteiger partial charge >= 0.3 is 5.85 Å². The molecule has 9 rings (SSSR count). The van der Waals surface area contributed by atoms with Crippen LogP contribution in [0.2, 0.25) is 0 Å². The zero-order chi connectivity index (χ0) is 30.8. The van der Waals surface area contributed by atoms with Crippen molar-refractivity contribution in [3.63, 3.8) is 0 Å². The molecule has 5 heterocycles. The van der Waals surface area contributed by atoms with Crippen LogP contribution in [0.15, 0.2) is 60.7 Å². The van der Waals surface area contributed by atoms with E-state index in [2.05, 4.69) is 43.6 Å². The van der Waals surface area contributed by atoms with Crippen LogP contribution in [0.5, 0.6) is 0 Å².